The second-order valence-corrected chi connectivity index (χ2v) is 9.41. The number of ketones is 1. The van der Waals surface area contributed by atoms with Crippen LogP contribution in [0.5, 0.6) is 0 Å². The minimum Gasteiger partial charge on any atom is -0.390 e. The zero-order chi connectivity index (χ0) is 25.2. The Kier molecular flexibility index (Phi) is 7.16. The smallest absolute Gasteiger partial charge is 0.335 e. The number of nitrogens with zero attached hydrogens (tertiary/aromatic N) is 4. The molecular weight excluding hydrogens is 486 g/mol. The topological polar surface area (TPSA) is 148 Å². The maximum absolute atomic E-state index is 14.0. The fraction of sp³-hybridized carbons (Fsp3) is 0.333. The van der Waals surface area contributed by atoms with Gasteiger partial charge in [-0.25, -0.2) is 18.7 Å². The van der Waals surface area contributed by atoms with Crippen molar-refractivity contribution in [1.82, 2.24) is 24.5 Å². The maximum atomic E-state index is 14.0. The third kappa shape index (κ3) is 5.67. The standard InChI is InChI=1S/C21H22F2N6O5S/c1-24-35(32,33)34-18-8-13(7-17(18)30)27-21-14(9-25-11-26-21)20(31)16-5-6-29(28-16)10-12-3-2-4-15(22)19(12)23/h2-6,9,11,13,17-18,24,30H,7-8,10H2,1H3,(H,25,26,27)/t13-,17+,18-/m1/s1. The van der Waals surface area contributed by atoms with Gasteiger partial charge in [-0.1, -0.05) is 12.1 Å². The van der Waals surface area contributed by atoms with Gasteiger partial charge in [0.15, 0.2) is 11.6 Å². The Bertz CT molecular complexity index is 1340. The Balaban J connectivity index is 1.48. The molecule has 1 aliphatic rings. The molecule has 1 aliphatic carbocycles. The van der Waals surface area contributed by atoms with Crippen LogP contribution in [0.25, 0.3) is 0 Å². The molecular formula is C21H22F2N6O5S. The van der Waals surface area contributed by atoms with E-state index in [1.165, 1.54) is 48.6 Å². The van der Waals surface area contributed by atoms with Gasteiger partial charge >= 0.3 is 10.3 Å². The molecule has 1 fully saturated rings. The maximum Gasteiger partial charge on any atom is 0.335 e. The number of anilines is 1. The van der Waals surface area contributed by atoms with Crippen LogP contribution in [0.2, 0.25) is 0 Å². The van der Waals surface area contributed by atoms with Gasteiger partial charge in [-0.05, 0) is 25.0 Å². The molecule has 186 valence electrons. The number of carbonyl (C=O) groups excluding carboxylic acids is 1. The second-order valence-electron chi connectivity index (χ2n) is 7.90. The number of hydrogen-bond donors (Lipinski definition) is 3. The zero-order valence-electron chi connectivity index (χ0n) is 18.4. The van der Waals surface area contributed by atoms with E-state index in [9.17, 15) is 27.1 Å². The van der Waals surface area contributed by atoms with Gasteiger partial charge in [0.25, 0.3) is 0 Å². The van der Waals surface area contributed by atoms with Crippen molar-refractivity contribution in [1.29, 1.82) is 0 Å². The number of nitrogens with one attached hydrogen (secondary N) is 2. The number of aromatic nitrogens is 4. The van der Waals surface area contributed by atoms with Gasteiger partial charge in [-0.2, -0.15) is 18.2 Å². The molecule has 0 bridgehead atoms. The Morgan fingerprint density at radius 2 is 2.09 bits per heavy atom. The Hall–Kier alpha value is -3.33. The van der Waals surface area contributed by atoms with Crippen molar-refractivity contribution in [2.45, 2.75) is 37.6 Å². The number of benzene rings is 1. The minimum atomic E-state index is -3.99. The molecule has 3 N–H and O–H groups in total. The van der Waals surface area contributed by atoms with Crippen LogP contribution in [0.15, 0.2) is 43.0 Å². The van der Waals surface area contributed by atoms with Crippen LogP contribution in [-0.4, -0.2) is 64.4 Å². The highest BCUT2D eigenvalue weighted by atomic mass is 32.2. The lowest BCUT2D eigenvalue weighted by Crippen LogP contribution is -2.31. The normalized spacial score (nSPS) is 20.2. The average molecular weight is 509 g/mol. The van der Waals surface area contributed by atoms with Gasteiger partial charge in [-0.3, -0.25) is 13.7 Å². The molecule has 3 aromatic rings. The third-order valence-electron chi connectivity index (χ3n) is 5.51. The summed E-state index contributed by atoms with van der Waals surface area (Å²) in [6.45, 7) is -0.0792. The van der Waals surface area contributed by atoms with Crippen LogP contribution >= 0.6 is 0 Å². The van der Waals surface area contributed by atoms with Gasteiger partial charge < -0.3 is 10.4 Å². The molecule has 11 nitrogen and oxygen atoms in total. The predicted octanol–water partition coefficient (Wildman–Crippen LogP) is 1.02. The molecule has 2 aromatic heterocycles. The predicted molar refractivity (Wildman–Crippen MR) is 119 cm³/mol. The highest BCUT2D eigenvalue weighted by Gasteiger charge is 2.37. The summed E-state index contributed by atoms with van der Waals surface area (Å²) in [6.07, 6.45) is 2.29. The molecule has 2 heterocycles. The Labute approximate surface area is 199 Å². The number of aliphatic hydroxyl groups is 1. The van der Waals surface area contributed by atoms with Crippen LogP contribution in [0.3, 0.4) is 0 Å². The number of aliphatic hydroxyl groups excluding tert-OH is 1. The van der Waals surface area contributed by atoms with E-state index < -0.39 is 46.0 Å². The third-order valence-corrected chi connectivity index (χ3v) is 6.51. The largest absolute Gasteiger partial charge is 0.390 e. The highest BCUT2D eigenvalue weighted by molar-refractivity contribution is 7.84. The summed E-state index contributed by atoms with van der Waals surface area (Å²) in [5.74, 6) is -2.31. The number of hydrogen-bond acceptors (Lipinski definition) is 9. The first kappa shape index (κ1) is 24.8. The SMILES string of the molecule is CNS(=O)(=O)O[C@@H]1C[C@H](Nc2ncncc2C(=O)c2ccn(Cc3cccc(F)c3F)n2)C[C@@H]1O. The molecule has 0 amide bonds. The van der Waals surface area contributed by atoms with Crippen molar-refractivity contribution >= 4 is 21.9 Å². The van der Waals surface area contributed by atoms with Crippen molar-refractivity contribution in [3.63, 3.8) is 0 Å². The number of rotatable bonds is 9. The van der Waals surface area contributed by atoms with Crippen LogP contribution in [0, 0.1) is 11.6 Å². The summed E-state index contributed by atoms with van der Waals surface area (Å²) in [7, 11) is -2.79. The van der Waals surface area contributed by atoms with E-state index in [0.717, 1.165) is 6.07 Å². The molecule has 0 radical (unpaired) electrons. The first-order chi connectivity index (χ1) is 16.7. The van der Waals surface area contributed by atoms with Gasteiger partial charge in [0.05, 0.1) is 18.2 Å². The van der Waals surface area contributed by atoms with Crippen molar-refractivity contribution in [3.8, 4) is 0 Å². The molecule has 1 aromatic carbocycles. The molecule has 4 rings (SSSR count). The van der Waals surface area contributed by atoms with Crippen molar-refractivity contribution in [3.05, 3.63) is 71.4 Å². The van der Waals surface area contributed by atoms with Crippen molar-refractivity contribution < 1.29 is 31.3 Å². The van der Waals surface area contributed by atoms with Crippen LogP contribution in [0.1, 0.15) is 34.5 Å². The summed E-state index contributed by atoms with van der Waals surface area (Å²) in [5.41, 5.74) is 0.207. The van der Waals surface area contributed by atoms with E-state index in [-0.39, 0.29) is 42.0 Å². The van der Waals surface area contributed by atoms with Crippen molar-refractivity contribution in [2.75, 3.05) is 12.4 Å². The van der Waals surface area contributed by atoms with E-state index in [1.54, 1.807) is 0 Å². The molecule has 0 saturated heterocycles. The average Bonchev–Trinajstić information content (AvgIpc) is 3.43. The van der Waals surface area contributed by atoms with Crippen LogP contribution in [-0.2, 0) is 21.0 Å². The molecule has 0 spiro atoms. The van der Waals surface area contributed by atoms with E-state index in [2.05, 4.69) is 20.4 Å². The zero-order valence-corrected chi connectivity index (χ0v) is 19.2. The molecule has 1 saturated carbocycles. The fourth-order valence-electron chi connectivity index (χ4n) is 3.77. The van der Waals surface area contributed by atoms with E-state index in [0.29, 0.717) is 0 Å². The lowest BCUT2D eigenvalue weighted by Gasteiger charge is -2.15. The van der Waals surface area contributed by atoms with E-state index in [4.69, 9.17) is 4.18 Å². The highest BCUT2D eigenvalue weighted by Crippen LogP contribution is 2.28. The monoisotopic (exact) mass is 508 g/mol. The second kappa shape index (κ2) is 10.1. The van der Waals surface area contributed by atoms with Gasteiger partial charge in [0.1, 0.15) is 23.9 Å². The quantitative estimate of drug-likeness (QED) is 0.360. The fourth-order valence-corrected chi connectivity index (χ4v) is 4.40. The van der Waals surface area contributed by atoms with E-state index in [1.807, 2.05) is 4.72 Å². The lowest BCUT2D eigenvalue weighted by atomic mass is 10.1. The minimum absolute atomic E-state index is 0.0347. The first-order valence-corrected chi connectivity index (χ1v) is 11.9. The van der Waals surface area contributed by atoms with Gasteiger partial charge in [-0.15, -0.1) is 0 Å². The molecule has 0 unspecified atom stereocenters. The summed E-state index contributed by atoms with van der Waals surface area (Å²) in [4.78, 5) is 21.1. The number of halogens is 2. The summed E-state index contributed by atoms with van der Waals surface area (Å²) in [5, 5.41) is 17.4. The molecule has 3 atom stereocenters. The van der Waals surface area contributed by atoms with Gasteiger partial charge in [0.2, 0.25) is 5.78 Å². The Morgan fingerprint density at radius 1 is 1.29 bits per heavy atom. The van der Waals surface area contributed by atoms with Crippen molar-refractivity contribution in [2.24, 2.45) is 0 Å². The summed E-state index contributed by atoms with van der Waals surface area (Å²) < 4.78 is 59.0. The lowest BCUT2D eigenvalue weighted by molar-refractivity contribution is 0.0636. The van der Waals surface area contributed by atoms with Crippen LogP contribution < -0.4 is 10.0 Å². The molecule has 35 heavy (non-hydrogen) atoms. The summed E-state index contributed by atoms with van der Waals surface area (Å²) in [6, 6.07) is 4.81. The summed E-state index contributed by atoms with van der Waals surface area (Å²) >= 11 is 0. The first-order valence-electron chi connectivity index (χ1n) is 10.5. The van der Waals surface area contributed by atoms with Gasteiger partial charge in [0, 0.05) is 31.0 Å². The molecule has 0 aliphatic heterocycles. The van der Waals surface area contributed by atoms with Crippen LogP contribution in [0.4, 0.5) is 14.6 Å². The van der Waals surface area contributed by atoms with E-state index >= 15 is 0 Å². The number of carbonyl (C=O) groups is 1. The molecule has 14 heteroatoms. The Morgan fingerprint density at radius 3 is 2.86 bits per heavy atom.